The number of aromatic nitrogens is 3. The van der Waals surface area contributed by atoms with Crippen LogP contribution < -0.4 is 11.4 Å². The van der Waals surface area contributed by atoms with Crippen molar-refractivity contribution in [3.8, 4) is 0 Å². The van der Waals surface area contributed by atoms with Crippen LogP contribution in [0.3, 0.4) is 0 Å². The Bertz CT molecular complexity index is 328. The molecule has 0 saturated heterocycles. The van der Waals surface area contributed by atoms with Crippen molar-refractivity contribution in [3.63, 3.8) is 0 Å². The minimum absolute atomic E-state index is 0.451. The highest BCUT2D eigenvalue weighted by Crippen LogP contribution is 1.87. The number of hydrogen-bond donors (Lipinski definition) is 1. The summed E-state index contributed by atoms with van der Waals surface area (Å²) in [6.45, 7) is 0. The van der Waals surface area contributed by atoms with Crippen LogP contribution in [0.25, 0.3) is 0 Å². The van der Waals surface area contributed by atoms with Gasteiger partial charge in [0.15, 0.2) is 0 Å². The quantitative estimate of drug-likeness (QED) is 0.574. The molecule has 1 aromatic rings. The van der Waals surface area contributed by atoms with E-state index in [-0.39, 0.29) is 0 Å². The first kappa shape index (κ1) is 7.07. The lowest BCUT2D eigenvalue weighted by Gasteiger charge is -1.93. The van der Waals surface area contributed by atoms with Gasteiger partial charge in [0, 0.05) is 6.26 Å². The summed E-state index contributed by atoms with van der Waals surface area (Å²) in [4.78, 5) is 26.4. The van der Waals surface area contributed by atoms with Gasteiger partial charge in [-0.1, -0.05) is 0 Å². The zero-order valence-corrected chi connectivity index (χ0v) is 6.01. The monoisotopic (exact) mass is 159 g/mol. The third kappa shape index (κ3) is 1.27. The summed E-state index contributed by atoms with van der Waals surface area (Å²) in [5, 5.41) is 0. The van der Waals surface area contributed by atoms with Gasteiger partial charge in [-0.2, -0.15) is 4.98 Å². The van der Waals surface area contributed by atoms with Crippen LogP contribution in [0.2, 0.25) is 0 Å². The van der Waals surface area contributed by atoms with Crippen LogP contribution >= 0.6 is 11.9 Å². The van der Waals surface area contributed by atoms with Crippen LogP contribution in [0.5, 0.6) is 0 Å². The molecule has 0 aliphatic rings. The van der Waals surface area contributed by atoms with Crippen molar-refractivity contribution in [2.75, 3.05) is 6.26 Å². The van der Waals surface area contributed by atoms with E-state index in [9.17, 15) is 9.59 Å². The lowest BCUT2D eigenvalue weighted by molar-refractivity contribution is 0.899. The Morgan fingerprint density at radius 3 is 2.90 bits per heavy atom. The maximum Gasteiger partial charge on any atom is 0.350 e. The molecule has 0 unspecified atom stereocenters. The fraction of sp³-hybridized carbons (Fsp3) is 0.250. The van der Waals surface area contributed by atoms with Crippen LogP contribution in [0.1, 0.15) is 0 Å². The molecule has 0 aliphatic heterocycles. The summed E-state index contributed by atoms with van der Waals surface area (Å²) in [5.74, 6) is 0. The third-order valence-corrected chi connectivity index (χ3v) is 1.54. The molecule has 0 fully saturated rings. The molecule has 0 aliphatic carbocycles. The topological polar surface area (TPSA) is 67.8 Å². The van der Waals surface area contributed by atoms with E-state index in [1.807, 2.05) is 4.98 Å². The average Bonchev–Trinajstić information content (AvgIpc) is 1.88. The van der Waals surface area contributed by atoms with Crippen LogP contribution in [-0.2, 0) is 0 Å². The highest BCUT2D eigenvalue weighted by Gasteiger charge is 1.91. The van der Waals surface area contributed by atoms with Gasteiger partial charge in [0.1, 0.15) is 6.33 Å². The van der Waals surface area contributed by atoms with Crippen LogP contribution in [0.15, 0.2) is 15.9 Å². The van der Waals surface area contributed by atoms with E-state index in [0.29, 0.717) is 0 Å². The Hall–Kier alpha value is -1.04. The Balaban J connectivity index is 3.34. The Morgan fingerprint density at radius 2 is 2.40 bits per heavy atom. The number of rotatable bonds is 1. The minimum atomic E-state index is -0.615. The Morgan fingerprint density at radius 1 is 1.70 bits per heavy atom. The molecule has 0 saturated carbocycles. The predicted molar refractivity (Wildman–Crippen MR) is 38.0 cm³/mol. The number of nitrogens with one attached hydrogen (secondary N) is 1. The first-order valence-electron chi connectivity index (χ1n) is 2.46. The zero-order valence-electron chi connectivity index (χ0n) is 5.20. The molecular formula is C4H5N3O2S. The van der Waals surface area contributed by atoms with Gasteiger partial charge in [0.2, 0.25) is 0 Å². The van der Waals surface area contributed by atoms with Gasteiger partial charge < -0.3 is 0 Å². The molecular weight excluding hydrogens is 154 g/mol. The number of H-pyrrole nitrogens is 1. The fourth-order valence-electron chi connectivity index (χ4n) is 0.466. The molecule has 0 radical (unpaired) electrons. The first-order chi connectivity index (χ1) is 4.74. The van der Waals surface area contributed by atoms with Crippen molar-refractivity contribution in [1.29, 1.82) is 0 Å². The van der Waals surface area contributed by atoms with Crippen molar-refractivity contribution < 1.29 is 0 Å². The highest BCUT2D eigenvalue weighted by molar-refractivity contribution is 7.97. The van der Waals surface area contributed by atoms with Crippen LogP contribution in [-0.4, -0.2) is 20.2 Å². The van der Waals surface area contributed by atoms with Crippen LogP contribution in [0, 0.1) is 0 Å². The van der Waals surface area contributed by atoms with Gasteiger partial charge in [0.25, 0.3) is 0 Å². The number of aromatic amines is 1. The number of hydrogen-bond acceptors (Lipinski definition) is 4. The normalized spacial score (nSPS) is 9.70. The van der Waals surface area contributed by atoms with Gasteiger partial charge in [-0.25, -0.2) is 13.6 Å². The summed E-state index contributed by atoms with van der Waals surface area (Å²) in [5.41, 5.74) is -1.07. The minimum Gasteiger partial charge on any atom is -0.257 e. The maximum absolute atomic E-state index is 10.7. The van der Waals surface area contributed by atoms with Crippen molar-refractivity contribution in [1.82, 2.24) is 13.9 Å². The van der Waals surface area contributed by atoms with E-state index < -0.39 is 11.4 Å². The van der Waals surface area contributed by atoms with Gasteiger partial charge in [-0.15, -0.1) is 0 Å². The molecule has 6 heteroatoms. The second-order valence-electron chi connectivity index (χ2n) is 1.49. The smallest absolute Gasteiger partial charge is 0.257 e. The molecule has 1 N–H and O–H groups in total. The largest absolute Gasteiger partial charge is 0.350 e. The Kier molecular flexibility index (Phi) is 1.91. The maximum atomic E-state index is 10.7. The van der Waals surface area contributed by atoms with Gasteiger partial charge in [-0.3, -0.25) is 4.98 Å². The van der Waals surface area contributed by atoms with E-state index in [0.717, 1.165) is 0 Å². The molecule has 0 spiro atoms. The van der Waals surface area contributed by atoms with Crippen molar-refractivity contribution in [2.45, 2.75) is 0 Å². The average molecular weight is 159 g/mol. The van der Waals surface area contributed by atoms with E-state index in [4.69, 9.17) is 0 Å². The fourth-order valence-corrected chi connectivity index (χ4v) is 0.819. The second-order valence-corrected chi connectivity index (χ2v) is 2.25. The van der Waals surface area contributed by atoms with Crippen molar-refractivity contribution in [3.05, 3.63) is 27.3 Å². The lowest BCUT2D eigenvalue weighted by Crippen LogP contribution is -2.28. The summed E-state index contributed by atoms with van der Waals surface area (Å²) < 4.78 is 1.22. The van der Waals surface area contributed by atoms with Gasteiger partial charge in [-0.05, 0) is 11.9 Å². The molecule has 10 heavy (non-hydrogen) atoms. The molecule has 54 valence electrons. The number of nitrogens with zero attached hydrogens (tertiary/aromatic N) is 2. The molecule has 1 aromatic heterocycles. The molecule has 5 nitrogen and oxygen atoms in total. The molecule has 1 rings (SSSR count). The SMILES string of the molecule is CSn1cnc(=O)[nH]c1=O. The molecule has 0 bridgehead atoms. The summed E-state index contributed by atoms with van der Waals surface area (Å²) in [6.07, 6.45) is 2.90. The van der Waals surface area contributed by atoms with E-state index in [2.05, 4.69) is 4.98 Å². The van der Waals surface area contributed by atoms with E-state index in [1.54, 1.807) is 6.26 Å². The van der Waals surface area contributed by atoms with Crippen LogP contribution in [0.4, 0.5) is 0 Å². The zero-order chi connectivity index (χ0) is 7.56. The lowest BCUT2D eigenvalue weighted by atomic mass is 11.0. The van der Waals surface area contributed by atoms with Crippen molar-refractivity contribution >= 4 is 11.9 Å². The first-order valence-corrected chi connectivity index (χ1v) is 3.64. The summed E-state index contributed by atoms with van der Waals surface area (Å²) >= 11 is 1.18. The third-order valence-electron chi connectivity index (χ3n) is 0.891. The molecule has 0 atom stereocenters. The molecule has 0 amide bonds. The van der Waals surface area contributed by atoms with Gasteiger partial charge in [0.05, 0.1) is 0 Å². The predicted octanol–water partition coefficient (Wildman–Crippen LogP) is -0.942. The van der Waals surface area contributed by atoms with Gasteiger partial charge >= 0.3 is 11.4 Å². The van der Waals surface area contributed by atoms with E-state index in [1.165, 1.54) is 22.2 Å². The molecule has 1 heterocycles. The Labute approximate surface area is 60.2 Å². The summed E-state index contributed by atoms with van der Waals surface area (Å²) in [6, 6.07) is 0. The van der Waals surface area contributed by atoms with E-state index >= 15 is 0 Å². The standard InChI is InChI=1S/C4H5N3O2S/c1-10-7-2-5-3(8)6-4(7)9/h2H,1H3,(H,6,8,9). The highest BCUT2D eigenvalue weighted by atomic mass is 32.2. The molecule has 0 aromatic carbocycles. The summed E-state index contributed by atoms with van der Waals surface area (Å²) in [7, 11) is 0. The van der Waals surface area contributed by atoms with Crippen molar-refractivity contribution in [2.24, 2.45) is 0 Å². The second kappa shape index (κ2) is 2.70.